The summed E-state index contributed by atoms with van der Waals surface area (Å²) in [5.41, 5.74) is -0.240. The van der Waals surface area contributed by atoms with Crippen LogP contribution in [0.1, 0.15) is 16.1 Å². The van der Waals surface area contributed by atoms with Gasteiger partial charge in [0, 0.05) is 23.5 Å². The van der Waals surface area contributed by atoms with E-state index in [0.717, 1.165) is 6.07 Å². The molecule has 0 bridgehead atoms. The summed E-state index contributed by atoms with van der Waals surface area (Å²) in [7, 11) is 1.52. The number of nitro groups is 1. The summed E-state index contributed by atoms with van der Waals surface area (Å²) < 4.78 is 6.70. The maximum Gasteiger partial charge on any atom is 0.341 e. The summed E-state index contributed by atoms with van der Waals surface area (Å²) in [6.45, 7) is 1.52. The molecule has 26 heavy (non-hydrogen) atoms. The highest BCUT2D eigenvalue weighted by molar-refractivity contribution is 5.95. The molecule has 0 aliphatic heterocycles. The fourth-order valence-corrected chi connectivity index (χ4v) is 2.92. The Morgan fingerprint density at radius 3 is 2.38 bits per heavy atom. The molecule has 0 fully saturated rings. The van der Waals surface area contributed by atoms with Gasteiger partial charge in [0.15, 0.2) is 0 Å². The average molecular weight is 354 g/mol. The number of fused-ring (bicyclic) bond motifs is 1. The number of rotatable bonds is 4. The second kappa shape index (κ2) is 6.32. The SMILES string of the molecule is COc1ccc(-n2c(C)c(C(=O)O)c(=O)c3cc([N+](=O)[O-])ccc32)cc1. The van der Waals surface area contributed by atoms with Gasteiger partial charge < -0.3 is 14.4 Å². The highest BCUT2D eigenvalue weighted by Crippen LogP contribution is 2.26. The normalized spacial score (nSPS) is 10.7. The van der Waals surface area contributed by atoms with E-state index >= 15 is 0 Å². The minimum Gasteiger partial charge on any atom is -0.497 e. The number of methoxy groups -OCH3 is 1. The maximum atomic E-state index is 12.6. The molecule has 0 saturated heterocycles. The Kier molecular flexibility index (Phi) is 4.17. The zero-order chi connectivity index (χ0) is 19.0. The summed E-state index contributed by atoms with van der Waals surface area (Å²) in [4.78, 5) is 34.6. The Balaban J connectivity index is 2.45. The van der Waals surface area contributed by atoms with Crippen LogP contribution in [0.5, 0.6) is 5.75 Å². The van der Waals surface area contributed by atoms with Gasteiger partial charge in [-0.1, -0.05) is 0 Å². The van der Waals surface area contributed by atoms with Gasteiger partial charge in [-0.15, -0.1) is 0 Å². The Morgan fingerprint density at radius 2 is 1.85 bits per heavy atom. The van der Waals surface area contributed by atoms with E-state index in [-0.39, 0.29) is 16.8 Å². The fourth-order valence-electron chi connectivity index (χ4n) is 2.92. The molecular formula is C18H14N2O6. The van der Waals surface area contributed by atoms with Gasteiger partial charge in [0.1, 0.15) is 11.3 Å². The van der Waals surface area contributed by atoms with Crippen LogP contribution in [0, 0.1) is 17.0 Å². The predicted molar refractivity (Wildman–Crippen MR) is 94.4 cm³/mol. The van der Waals surface area contributed by atoms with Gasteiger partial charge in [0.05, 0.1) is 22.9 Å². The van der Waals surface area contributed by atoms with Gasteiger partial charge in [0.25, 0.3) is 5.69 Å². The van der Waals surface area contributed by atoms with E-state index in [1.165, 1.54) is 26.2 Å². The number of hydrogen-bond acceptors (Lipinski definition) is 5. The number of non-ortho nitro benzene ring substituents is 1. The smallest absolute Gasteiger partial charge is 0.341 e. The lowest BCUT2D eigenvalue weighted by atomic mass is 10.1. The van der Waals surface area contributed by atoms with Crippen LogP contribution in [0.25, 0.3) is 16.6 Å². The van der Waals surface area contributed by atoms with Gasteiger partial charge in [0.2, 0.25) is 5.43 Å². The van der Waals surface area contributed by atoms with Crippen molar-refractivity contribution in [2.75, 3.05) is 7.11 Å². The quantitative estimate of drug-likeness (QED) is 0.569. The van der Waals surface area contributed by atoms with Crippen LogP contribution in [0.4, 0.5) is 5.69 Å². The fraction of sp³-hybridized carbons (Fsp3) is 0.111. The van der Waals surface area contributed by atoms with Crippen molar-refractivity contribution in [3.05, 3.63) is 74.1 Å². The first kappa shape index (κ1) is 17.2. The predicted octanol–water partition coefficient (Wildman–Crippen LogP) is 2.91. The minimum atomic E-state index is -1.39. The number of nitrogens with zero attached hydrogens (tertiary/aromatic N) is 2. The van der Waals surface area contributed by atoms with Crippen LogP contribution < -0.4 is 10.2 Å². The van der Waals surface area contributed by atoms with Crippen LogP contribution in [-0.2, 0) is 0 Å². The molecule has 2 aromatic carbocycles. The number of aromatic carboxylic acids is 1. The molecule has 8 heteroatoms. The van der Waals surface area contributed by atoms with E-state index < -0.39 is 21.9 Å². The summed E-state index contributed by atoms with van der Waals surface area (Å²) in [5.74, 6) is -0.769. The van der Waals surface area contributed by atoms with E-state index in [9.17, 15) is 24.8 Å². The van der Waals surface area contributed by atoms with E-state index in [0.29, 0.717) is 17.0 Å². The van der Waals surface area contributed by atoms with Crippen molar-refractivity contribution >= 4 is 22.6 Å². The zero-order valence-electron chi connectivity index (χ0n) is 13.9. The number of carbonyl (C=O) groups is 1. The molecule has 0 saturated carbocycles. The van der Waals surface area contributed by atoms with Crippen molar-refractivity contribution in [2.24, 2.45) is 0 Å². The molecule has 1 heterocycles. The zero-order valence-corrected chi connectivity index (χ0v) is 13.9. The summed E-state index contributed by atoms with van der Waals surface area (Å²) in [6.07, 6.45) is 0. The topological polar surface area (TPSA) is 112 Å². The molecule has 3 aromatic rings. The Morgan fingerprint density at radius 1 is 1.19 bits per heavy atom. The molecule has 1 aromatic heterocycles. The van der Waals surface area contributed by atoms with Crippen molar-refractivity contribution in [2.45, 2.75) is 6.92 Å². The molecule has 1 N–H and O–H groups in total. The van der Waals surface area contributed by atoms with E-state index in [2.05, 4.69) is 0 Å². The molecule has 0 aliphatic rings. The molecule has 0 unspecified atom stereocenters. The van der Waals surface area contributed by atoms with Gasteiger partial charge in [-0.25, -0.2) is 4.79 Å². The van der Waals surface area contributed by atoms with Crippen molar-refractivity contribution in [1.82, 2.24) is 4.57 Å². The summed E-state index contributed by atoms with van der Waals surface area (Å²) in [6, 6.07) is 10.6. The molecule has 0 amide bonds. The first-order valence-corrected chi connectivity index (χ1v) is 7.56. The standard InChI is InChI=1S/C18H14N2O6/c1-10-16(18(22)23)17(21)14-9-12(20(24)25)5-8-15(14)19(10)11-3-6-13(26-2)7-4-11/h3-9H,1-2H3,(H,22,23). The molecule has 0 spiro atoms. The van der Waals surface area contributed by atoms with Crippen molar-refractivity contribution in [3.8, 4) is 11.4 Å². The van der Waals surface area contributed by atoms with Crippen molar-refractivity contribution in [3.63, 3.8) is 0 Å². The van der Waals surface area contributed by atoms with Crippen LogP contribution >= 0.6 is 0 Å². The number of pyridine rings is 1. The second-order valence-corrected chi connectivity index (χ2v) is 5.59. The van der Waals surface area contributed by atoms with Crippen molar-refractivity contribution < 1.29 is 19.6 Å². The highest BCUT2D eigenvalue weighted by atomic mass is 16.6. The van der Waals surface area contributed by atoms with Gasteiger partial charge in [-0.2, -0.15) is 0 Å². The molecule has 0 radical (unpaired) electrons. The molecule has 132 valence electrons. The second-order valence-electron chi connectivity index (χ2n) is 5.59. The van der Waals surface area contributed by atoms with Gasteiger partial charge in [-0.05, 0) is 37.3 Å². The Bertz CT molecular complexity index is 1100. The number of nitro benzene ring substituents is 1. The van der Waals surface area contributed by atoms with Crippen LogP contribution in [0.2, 0.25) is 0 Å². The van der Waals surface area contributed by atoms with E-state index in [1.54, 1.807) is 28.8 Å². The Hall–Kier alpha value is -3.68. The van der Waals surface area contributed by atoms with Crippen LogP contribution in [0.15, 0.2) is 47.3 Å². The number of carboxylic acid groups (broad SMARTS) is 1. The summed E-state index contributed by atoms with van der Waals surface area (Å²) >= 11 is 0. The minimum absolute atomic E-state index is 0.0296. The maximum absolute atomic E-state index is 12.6. The first-order chi connectivity index (χ1) is 12.3. The average Bonchev–Trinajstić information content (AvgIpc) is 2.61. The first-order valence-electron chi connectivity index (χ1n) is 7.56. The molecule has 0 aliphatic carbocycles. The molecule has 3 rings (SSSR count). The van der Waals surface area contributed by atoms with Gasteiger partial charge >= 0.3 is 5.97 Å². The van der Waals surface area contributed by atoms with Gasteiger partial charge in [-0.3, -0.25) is 14.9 Å². The molecular weight excluding hydrogens is 340 g/mol. The van der Waals surface area contributed by atoms with Crippen LogP contribution in [-0.4, -0.2) is 27.7 Å². The van der Waals surface area contributed by atoms with E-state index in [1.807, 2.05) is 0 Å². The summed E-state index contributed by atoms with van der Waals surface area (Å²) in [5, 5.41) is 20.5. The number of benzene rings is 2. The highest BCUT2D eigenvalue weighted by Gasteiger charge is 2.21. The van der Waals surface area contributed by atoms with E-state index in [4.69, 9.17) is 4.74 Å². The number of carboxylic acids is 1. The third-order valence-corrected chi connectivity index (χ3v) is 4.15. The largest absolute Gasteiger partial charge is 0.497 e. The number of ether oxygens (including phenoxy) is 1. The lowest BCUT2D eigenvalue weighted by Gasteiger charge is -2.17. The molecule has 0 atom stereocenters. The third kappa shape index (κ3) is 2.67. The monoisotopic (exact) mass is 354 g/mol. The third-order valence-electron chi connectivity index (χ3n) is 4.15. The van der Waals surface area contributed by atoms with Crippen molar-refractivity contribution in [1.29, 1.82) is 0 Å². The number of hydrogen-bond donors (Lipinski definition) is 1. The van der Waals surface area contributed by atoms with Crippen LogP contribution in [0.3, 0.4) is 0 Å². The lowest BCUT2D eigenvalue weighted by molar-refractivity contribution is -0.384. The molecule has 8 nitrogen and oxygen atoms in total. The number of aromatic nitrogens is 1. The Labute approximate surface area is 147 Å². The lowest BCUT2D eigenvalue weighted by Crippen LogP contribution is -2.22.